The van der Waals surface area contributed by atoms with Crippen molar-refractivity contribution >= 4 is 9.84 Å². The largest absolute Gasteiger partial charge is 0.385 e. The molecule has 0 bridgehead atoms. The van der Waals surface area contributed by atoms with E-state index in [4.69, 9.17) is 9.47 Å². The average molecular weight is 388 g/mol. The van der Waals surface area contributed by atoms with Crippen molar-refractivity contribution in [3.05, 3.63) is 29.8 Å². The number of aliphatic hydroxyl groups excluding tert-OH is 2. The van der Waals surface area contributed by atoms with Gasteiger partial charge in [0.2, 0.25) is 9.84 Å². The third kappa shape index (κ3) is 2.13. The van der Waals surface area contributed by atoms with Gasteiger partial charge in [-0.05, 0) is 19.1 Å². The van der Waals surface area contributed by atoms with Crippen molar-refractivity contribution in [2.24, 2.45) is 5.41 Å². The summed E-state index contributed by atoms with van der Waals surface area (Å²) >= 11 is 0. The number of methoxy groups -OCH3 is 1. The van der Waals surface area contributed by atoms with Crippen molar-refractivity contribution in [2.45, 2.75) is 60.8 Å². The number of aryl methyl sites for hydroxylation is 1. The highest BCUT2D eigenvalue weighted by molar-refractivity contribution is 7.92. The zero-order valence-electron chi connectivity index (χ0n) is 14.9. The molecule has 2 fully saturated rings. The number of rotatable bonds is 4. The second kappa shape index (κ2) is 5.71. The molecule has 0 radical (unpaired) electrons. The van der Waals surface area contributed by atoms with Gasteiger partial charge in [-0.15, -0.1) is 0 Å². The number of ether oxygens (including phenoxy) is 2. The van der Waals surface area contributed by atoms with Crippen molar-refractivity contribution in [3.63, 3.8) is 0 Å². The first-order valence-corrected chi connectivity index (χ1v) is 9.71. The maximum Gasteiger partial charge on any atom is 0.207 e. The summed E-state index contributed by atoms with van der Waals surface area (Å²) in [5, 5.41) is 42.7. The molecule has 0 amide bonds. The minimum Gasteiger partial charge on any atom is -0.385 e. The topological polar surface area (TPSA) is 134 Å². The first kappa shape index (κ1) is 19.7. The molecule has 1 aliphatic carbocycles. The zero-order chi connectivity index (χ0) is 19.7. The zero-order valence-corrected chi connectivity index (χ0v) is 15.8. The molecule has 4 N–H and O–H groups in total. The summed E-state index contributed by atoms with van der Waals surface area (Å²) in [6, 6.07) is 5.84. The predicted octanol–water partition coefficient (Wildman–Crippen LogP) is -0.679. The van der Waals surface area contributed by atoms with Crippen molar-refractivity contribution in [1.29, 1.82) is 0 Å². The van der Waals surface area contributed by atoms with E-state index in [0.29, 0.717) is 0 Å². The normalized spacial score (nSPS) is 39.9. The van der Waals surface area contributed by atoms with Gasteiger partial charge in [0.05, 0.1) is 4.90 Å². The van der Waals surface area contributed by atoms with Gasteiger partial charge in [-0.25, -0.2) is 8.42 Å². The third-order valence-electron chi connectivity index (χ3n) is 5.96. The van der Waals surface area contributed by atoms with Crippen LogP contribution in [-0.4, -0.2) is 71.1 Å². The number of fused-ring (bicyclic) bond motifs is 1. The molecule has 1 aromatic rings. The Morgan fingerprint density at radius 2 is 1.69 bits per heavy atom. The Morgan fingerprint density at radius 3 is 2.19 bits per heavy atom. The van der Waals surface area contributed by atoms with Crippen LogP contribution in [0.1, 0.15) is 19.4 Å². The van der Waals surface area contributed by atoms with Gasteiger partial charge in [0, 0.05) is 12.5 Å². The highest BCUT2D eigenvalue weighted by Gasteiger charge is 2.92. The van der Waals surface area contributed by atoms with Crippen LogP contribution in [0, 0.1) is 12.3 Å². The van der Waals surface area contributed by atoms with E-state index in [0.717, 1.165) is 5.56 Å². The van der Waals surface area contributed by atoms with Gasteiger partial charge < -0.3 is 29.9 Å². The van der Waals surface area contributed by atoms with Crippen molar-refractivity contribution in [3.8, 4) is 0 Å². The van der Waals surface area contributed by atoms with Gasteiger partial charge in [-0.3, -0.25) is 0 Å². The lowest BCUT2D eigenvalue weighted by Gasteiger charge is -2.40. The van der Waals surface area contributed by atoms with E-state index in [2.05, 4.69) is 0 Å². The SMILES string of the molecule is CO[C@@H]1O[C@H](C(O)S(=O)(=O)c2ccc(C)cc2)[C@]2(O)C(C)(C)[C@@]2(O)[C@H]1O. The number of aliphatic hydroxyl groups is 4. The molecular weight excluding hydrogens is 364 g/mol. The molecule has 146 valence electrons. The minimum atomic E-state index is -4.30. The van der Waals surface area contributed by atoms with E-state index in [-0.39, 0.29) is 4.90 Å². The Balaban J connectivity index is 2.03. The summed E-state index contributed by atoms with van der Waals surface area (Å²) in [6.45, 7) is 4.70. The molecule has 9 heteroatoms. The van der Waals surface area contributed by atoms with Crippen LogP contribution in [0.2, 0.25) is 0 Å². The maximum atomic E-state index is 12.8. The van der Waals surface area contributed by atoms with Crippen LogP contribution in [0.15, 0.2) is 29.2 Å². The van der Waals surface area contributed by atoms with Crippen LogP contribution in [0.4, 0.5) is 0 Å². The molecule has 8 nitrogen and oxygen atoms in total. The van der Waals surface area contributed by atoms with Crippen molar-refractivity contribution in [1.82, 2.24) is 0 Å². The number of hydrogen-bond acceptors (Lipinski definition) is 8. The molecule has 1 aliphatic heterocycles. The van der Waals surface area contributed by atoms with Crippen LogP contribution >= 0.6 is 0 Å². The van der Waals surface area contributed by atoms with Gasteiger partial charge in [0.25, 0.3) is 0 Å². The number of hydrogen-bond donors (Lipinski definition) is 4. The first-order chi connectivity index (χ1) is 11.9. The van der Waals surface area contributed by atoms with Crippen molar-refractivity contribution < 1.29 is 38.3 Å². The molecule has 1 aromatic carbocycles. The van der Waals surface area contributed by atoms with Crippen LogP contribution in [0.3, 0.4) is 0 Å². The molecule has 0 aromatic heterocycles. The van der Waals surface area contributed by atoms with Crippen LogP contribution in [0.5, 0.6) is 0 Å². The second-order valence-corrected chi connectivity index (χ2v) is 9.56. The molecule has 6 atom stereocenters. The van der Waals surface area contributed by atoms with E-state index < -0.39 is 50.4 Å². The van der Waals surface area contributed by atoms with E-state index in [1.165, 1.54) is 33.1 Å². The fourth-order valence-electron chi connectivity index (χ4n) is 4.07. The fourth-order valence-corrected chi connectivity index (χ4v) is 5.45. The van der Waals surface area contributed by atoms with Crippen LogP contribution < -0.4 is 0 Å². The fraction of sp³-hybridized carbons (Fsp3) is 0.647. The highest BCUT2D eigenvalue weighted by atomic mass is 32.2. The second-order valence-electron chi connectivity index (χ2n) is 7.51. The summed E-state index contributed by atoms with van der Waals surface area (Å²) in [5.74, 6) is 0. The van der Waals surface area contributed by atoms with E-state index in [9.17, 15) is 28.8 Å². The molecule has 1 saturated carbocycles. The molecular formula is C17H24O8S. The summed E-state index contributed by atoms with van der Waals surface area (Å²) in [6.07, 6.45) is -4.74. The van der Waals surface area contributed by atoms with Crippen LogP contribution in [-0.2, 0) is 19.3 Å². The van der Waals surface area contributed by atoms with E-state index in [1.54, 1.807) is 19.1 Å². The lowest BCUT2D eigenvalue weighted by molar-refractivity contribution is -0.297. The first-order valence-electron chi connectivity index (χ1n) is 8.17. The molecule has 0 spiro atoms. The van der Waals surface area contributed by atoms with Gasteiger partial charge in [0.1, 0.15) is 23.4 Å². The number of benzene rings is 1. The minimum absolute atomic E-state index is 0.148. The Hall–Kier alpha value is -1.07. The Labute approximate surface area is 151 Å². The van der Waals surface area contributed by atoms with Crippen molar-refractivity contribution in [2.75, 3.05) is 7.11 Å². The molecule has 3 rings (SSSR count). The van der Waals surface area contributed by atoms with Crippen LogP contribution in [0.25, 0.3) is 0 Å². The van der Waals surface area contributed by atoms with Gasteiger partial charge in [-0.1, -0.05) is 31.5 Å². The van der Waals surface area contributed by atoms with E-state index >= 15 is 0 Å². The lowest BCUT2D eigenvalue weighted by Crippen LogP contribution is -2.62. The summed E-state index contributed by atoms with van der Waals surface area (Å²) in [5.41, 5.74) is -6.93. The highest BCUT2D eigenvalue weighted by Crippen LogP contribution is 2.71. The predicted molar refractivity (Wildman–Crippen MR) is 89.7 cm³/mol. The maximum absolute atomic E-state index is 12.8. The van der Waals surface area contributed by atoms with Gasteiger partial charge in [0.15, 0.2) is 11.7 Å². The summed E-state index contributed by atoms with van der Waals surface area (Å²) < 4.78 is 36.0. The Morgan fingerprint density at radius 1 is 1.15 bits per heavy atom. The molecule has 2 aliphatic rings. The average Bonchev–Trinajstić information content (AvgIpc) is 2.96. The molecule has 26 heavy (non-hydrogen) atoms. The van der Waals surface area contributed by atoms with Gasteiger partial charge >= 0.3 is 0 Å². The molecule has 1 saturated heterocycles. The monoisotopic (exact) mass is 388 g/mol. The standard InChI is InChI=1S/C17H24O8S/c1-9-5-7-10(8-6-9)26(22,23)13(19)12-17(21)15(2,3)16(17,20)11(18)14(24-4)25-12/h5-8,11-14,18-21H,1-4H3/t11-,12+,13?,14+,16-,17-/m0/s1. The summed E-state index contributed by atoms with van der Waals surface area (Å²) in [7, 11) is -3.10. The Kier molecular flexibility index (Phi) is 4.33. The van der Waals surface area contributed by atoms with Gasteiger partial charge in [-0.2, -0.15) is 0 Å². The molecule has 1 heterocycles. The lowest BCUT2D eigenvalue weighted by atomic mass is 9.99. The Bertz CT molecular complexity index is 805. The third-order valence-corrected chi connectivity index (χ3v) is 7.77. The summed E-state index contributed by atoms with van der Waals surface area (Å²) in [4.78, 5) is -0.148. The molecule has 1 unspecified atom stereocenters. The van der Waals surface area contributed by atoms with E-state index in [1.807, 2.05) is 0 Å². The smallest absolute Gasteiger partial charge is 0.207 e. The number of sulfone groups is 1. The quantitative estimate of drug-likeness (QED) is 0.533.